The van der Waals surface area contributed by atoms with Gasteiger partial charge in [0.2, 0.25) is 0 Å². The van der Waals surface area contributed by atoms with Gasteiger partial charge in [-0.15, -0.1) is 0 Å². The third kappa shape index (κ3) is 4.65. The number of rotatable bonds is 8. The molecule has 2 N–H and O–H groups in total. The van der Waals surface area contributed by atoms with Crippen LogP contribution in [0.2, 0.25) is 0 Å². The smallest absolute Gasteiger partial charge is 0.255 e. The highest BCUT2D eigenvalue weighted by molar-refractivity contribution is 5.86. The van der Waals surface area contributed by atoms with E-state index in [1.807, 2.05) is 11.1 Å². The zero-order chi connectivity index (χ0) is 18.4. The van der Waals surface area contributed by atoms with Gasteiger partial charge in [0, 0.05) is 38.6 Å². The quantitative estimate of drug-likeness (QED) is 0.745. The van der Waals surface area contributed by atoms with Crippen LogP contribution in [0.4, 0.5) is 0 Å². The van der Waals surface area contributed by atoms with E-state index in [4.69, 9.17) is 0 Å². The standard InChI is InChI=1S/C20H34N4O2/c1-2-23-14-11-22-18(23)15-21-16-20(26)10-6-12-24(19(20)25)13-9-17-7-4-3-5-8-17/h11,14,17,21,26H,2-10,12-13,15-16H2,1H3/t20-/m0/s1. The number of likely N-dealkylation sites (tertiary alicyclic amines) is 1. The first-order chi connectivity index (χ1) is 12.6. The Bertz CT molecular complexity index is 582. The van der Waals surface area contributed by atoms with E-state index in [-0.39, 0.29) is 5.91 Å². The Labute approximate surface area is 157 Å². The number of nitrogens with one attached hydrogen (secondary N) is 1. The normalized spacial score (nSPS) is 25.0. The lowest BCUT2D eigenvalue weighted by Crippen LogP contribution is -2.58. The molecule has 6 nitrogen and oxygen atoms in total. The Morgan fingerprint density at radius 1 is 1.31 bits per heavy atom. The highest BCUT2D eigenvalue weighted by Crippen LogP contribution is 2.28. The first kappa shape index (κ1) is 19.4. The number of aromatic nitrogens is 2. The average Bonchev–Trinajstić information content (AvgIpc) is 3.11. The maximum absolute atomic E-state index is 12.9. The molecule has 146 valence electrons. The van der Waals surface area contributed by atoms with E-state index in [9.17, 15) is 9.90 Å². The first-order valence-electron chi connectivity index (χ1n) is 10.3. The fourth-order valence-electron chi connectivity index (χ4n) is 4.43. The monoisotopic (exact) mass is 362 g/mol. The fraction of sp³-hybridized carbons (Fsp3) is 0.800. The number of nitrogens with zero attached hydrogens (tertiary/aromatic N) is 3. The number of aryl methyl sites for hydroxylation is 1. The van der Waals surface area contributed by atoms with Crippen molar-refractivity contribution in [2.45, 2.75) is 77.0 Å². The molecule has 1 aliphatic carbocycles. The third-order valence-corrected chi connectivity index (χ3v) is 6.08. The fourth-order valence-corrected chi connectivity index (χ4v) is 4.43. The Balaban J connectivity index is 1.48. The molecule has 2 aliphatic rings. The summed E-state index contributed by atoms with van der Waals surface area (Å²) in [6.07, 6.45) is 12.9. The second kappa shape index (κ2) is 9.00. The van der Waals surface area contributed by atoms with Gasteiger partial charge in [0.15, 0.2) is 5.60 Å². The number of amides is 1. The lowest BCUT2D eigenvalue weighted by molar-refractivity contribution is -0.156. The van der Waals surface area contributed by atoms with Crippen LogP contribution in [-0.2, 0) is 17.9 Å². The molecular formula is C20H34N4O2. The molecule has 1 saturated heterocycles. The third-order valence-electron chi connectivity index (χ3n) is 6.08. The van der Waals surface area contributed by atoms with Gasteiger partial charge in [-0.1, -0.05) is 32.1 Å². The summed E-state index contributed by atoms with van der Waals surface area (Å²) in [5.74, 6) is 1.61. The largest absolute Gasteiger partial charge is 0.379 e. The summed E-state index contributed by atoms with van der Waals surface area (Å²) in [5, 5.41) is 14.2. The number of hydrogen-bond donors (Lipinski definition) is 2. The minimum atomic E-state index is -1.27. The molecule has 26 heavy (non-hydrogen) atoms. The van der Waals surface area contributed by atoms with E-state index in [0.29, 0.717) is 19.5 Å². The molecule has 3 rings (SSSR count). The summed E-state index contributed by atoms with van der Waals surface area (Å²) in [5.41, 5.74) is -1.27. The van der Waals surface area contributed by atoms with E-state index in [0.717, 1.165) is 44.2 Å². The number of imidazole rings is 1. The topological polar surface area (TPSA) is 70.4 Å². The van der Waals surface area contributed by atoms with Crippen molar-refractivity contribution in [2.24, 2.45) is 5.92 Å². The molecule has 1 amide bonds. The number of carbonyl (C=O) groups excluding carboxylic acids is 1. The number of aliphatic hydroxyl groups is 1. The van der Waals surface area contributed by atoms with Crippen LogP contribution in [0.15, 0.2) is 12.4 Å². The first-order valence-corrected chi connectivity index (χ1v) is 10.3. The molecular weight excluding hydrogens is 328 g/mol. The molecule has 0 unspecified atom stereocenters. The van der Waals surface area contributed by atoms with Gasteiger partial charge in [-0.3, -0.25) is 4.79 Å². The van der Waals surface area contributed by atoms with Gasteiger partial charge < -0.3 is 19.9 Å². The van der Waals surface area contributed by atoms with E-state index in [2.05, 4.69) is 21.8 Å². The molecule has 0 bridgehead atoms. The molecule has 1 aromatic heterocycles. The molecule has 1 aliphatic heterocycles. The summed E-state index contributed by atoms with van der Waals surface area (Å²) < 4.78 is 2.07. The van der Waals surface area contributed by atoms with E-state index in [1.165, 1.54) is 32.1 Å². The second-order valence-corrected chi connectivity index (χ2v) is 7.95. The van der Waals surface area contributed by atoms with Crippen LogP contribution in [0, 0.1) is 5.92 Å². The van der Waals surface area contributed by atoms with Gasteiger partial charge in [0.1, 0.15) is 5.82 Å². The molecule has 1 aromatic rings. The van der Waals surface area contributed by atoms with Crippen LogP contribution in [0.25, 0.3) is 0 Å². The van der Waals surface area contributed by atoms with Crippen LogP contribution in [0.1, 0.15) is 64.1 Å². The average molecular weight is 363 g/mol. The zero-order valence-corrected chi connectivity index (χ0v) is 16.1. The summed E-state index contributed by atoms with van der Waals surface area (Å²) in [4.78, 5) is 19.1. The molecule has 1 atom stereocenters. The van der Waals surface area contributed by atoms with E-state index in [1.54, 1.807) is 6.20 Å². The van der Waals surface area contributed by atoms with E-state index < -0.39 is 5.60 Å². The van der Waals surface area contributed by atoms with Gasteiger partial charge >= 0.3 is 0 Å². The van der Waals surface area contributed by atoms with Crippen molar-refractivity contribution in [1.29, 1.82) is 0 Å². The van der Waals surface area contributed by atoms with Crippen molar-refractivity contribution in [3.63, 3.8) is 0 Å². The van der Waals surface area contributed by atoms with Crippen LogP contribution in [0.3, 0.4) is 0 Å². The van der Waals surface area contributed by atoms with Crippen molar-refractivity contribution >= 4 is 5.91 Å². The van der Waals surface area contributed by atoms with Crippen LogP contribution in [-0.4, -0.2) is 50.7 Å². The van der Waals surface area contributed by atoms with Gasteiger partial charge in [0.05, 0.1) is 6.54 Å². The van der Waals surface area contributed by atoms with Crippen molar-refractivity contribution in [1.82, 2.24) is 19.8 Å². The highest BCUT2D eigenvalue weighted by Gasteiger charge is 2.41. The summed E-state index contributed by atoms with van der Waals surface area (Å²) >= 11 is 0. The van der Waals surface area contributed by atoms with Gasteiger partial charge in [-0.2, -0.15) is 0 Å². The molecule has 2 fully saturated rings. The molecule has 0 radical (unpaired) electrons. The number of piperidine rings is 1. The lowest BCUT2D eigenvalue weighted by atomic mass is 9.86. The van der Waals surface area contributed by atoms with Gasteiger partial charge in [-0.25, -0.2) is 4.98 Å². The van der Waals surface area contributed by atoms with Crippen molar-refractivity contribution in [3.05, 3.63) is 18.2 Å². The van der Waals surface area contributed by atoms with Crippen molar-refractivity contribution < 1.29 is 9.90 Å². The highest BCUT2D eigenvalue weighted by atomic mass is 16.3. The Kier molecular flexibility index (Phi) is 6.70. The maximum Gasteiger partial charge on any atom is 0.255 e. The Hall–Kier alpha value is -1.40. The SMILES string of the molecule is CCn1ccnc1CNC[C@@]1(O)CCCN(CCC2CCCCC2)C1=O. The number of carbonyl (C=O) groups is 1. The minimum Gasteiger partial charge on any atom is -0.379 e. The Morgan fingerprint density at radius 3 is 2.88 bits per heavy atom. The number of hydrogen-bond acceptors (Lipinski definition) is 4. The van der Waals surface area contributed by atoms with Crippen molar-refractivity contribution in [2.75, 3.05) is 19.6 Å². The molecule has 0 aromatic carbocycles. The van der Waals surface area contributed by atoms with Crippen LogP contribution in [0.5, 0.6) is 0 Å². The molecule has 0 spiro atoms. The lowest BCUT2D eigenvalue weighted by Gasteiger charge is -2.39. The van der Waals surface area contributed by atoms with E-state index >= 15 is 0 Å². The maximum atomic E-state index is 12.9. The van der Waals surface area contributed by atoms with Crippen LogP contribution < -0.4 is 5.32 Å². The molecule has 1 saturated carbocycles. The molecule has 2 heterocycles. The zero-order valence-electron chi connectivity index (χ0n) is 16.1. The summed E-state index contributed by atoms with van der Waals surface area (Å²) in [6, 6.07) is 0. The predicted molar refractivity (Wildman–Crippen MR) is 102 cm³/mol. The minimum absolute atomic E-state index is 0.0918. The van der Waals surface area contributed by atoms with Gasteiger partial charge in [-0.05, 0) is 32.1 Å². The summed E-state index contributed by atoms with van der Waals surface area (Å²) in [6.45, 7) is 5.39. The van der Waals surface area contributed by atoms with Gasteiger partial charge in [0.25, 0.3) is 5.91 Å². The van der Waals surface area contributed by atoms with Crippen molar-refractivity contribution in [3.8, 4) is 0 Å². The summed E-state index contributed by atoms with van der Waals surface area (Å²) in [7, 11) is 0. The Morgan fingerprint density at radius 2 is 2.12 bits per heavy atom. The van der Waals surface area contributed by atoms with Crippen LogP contribution >= 0.6 is 0 Å². The predicted octanol–water partition coefficient (Wildman–Crippen LogP) is 2.32. The molecule has 6 heteroatoms. The second-order valence-electron chi connectivity index (χ2n) is 7.95.